The van der Waals surface area contributed by atoms with E-state index in [-0.39, 0.29) is 12.0 Å². The van der Waals surface area contributed by atoms with Gasteiger partial charge in [0.1, 0.15) is 11.9 Å². The predicted molar refractivity (Wildman–Crippen MR) is 148 cm³/mol. The first-order chi connectivity index (χ1) is 18.6. The van der Waals surface area contributed by atoms with Gasteiger partial charge in [0.2, 0.25) is 0 Å². The lowest BCUT2D eigenvalue weighted by molar-refractivity contribution is 0.0589. The fourth-order valence-electron chi connectivity index (χ4n) is 5.86. The van der Waals surface area contributed by atoms with E-state index in [4.69, 9.17) is 4.74 Å². The molecule has 1 saturated heterocycles. The maximum Gasteiger partial charge on any atom is 0.274 e. The van der Waals surface area contributed by atoms with Gasteiger partial charge in [-0.2, -0.15) is 5.10 Å². The molecule has 196 valence electrons. The van der Waals surface area contributed by atoms with Crippen molar-refractivity contribution < 1.29 is 9.53 Å². The second-order valence-electron chi connectivity index (χ2n) is 10.7. The van der Waals surface area contributed by atoms with Crippen LogP contribution in [0.4, 0.5) is 0 Å². The molecule has 7 heteroatoms. The molecule has 0 spiro atoms. The van der Waals surface area contributed by atoms with Gasteiger partial charge >= 0.3 is 0 Å². The van der Waals surface area contributed by atoms with Crippen molar-refractivity contribution in [3.63, 3.8) is 0 Å². The Hall–Kier alpha value is -3.71. The molecule has 38 heavy (non-hydrogen) atoms. The van der Waals surface area contributed by atoms with Gasteiger partial charge in [-0.15, -0.1) is 0 Å². The van der Waals surface area contributed by atoms with E-state index in [9.17, 15) is 4.79 Å². The van der Waals surface area contributed by atoms with E-state index in [1.54, 1.807) is 0 Å². The monoisotopic (exact) mass is 509 g/mol. The summed E-state index contributed by atoms with van der Waals surface area (Å²) in [7, 11) is 2.14. The van der Waals surface area contributed by atoms with Crippen molar-refractivity contribution in [2.75, 3.05) is 20.1 Å². The zero-order valence-electron chi connectivity index (χ0n) is 22.0. The molecule has 2 aromatic heterocycles. The van der Waals surface area contributed by atoms with Gasteiger partial charge in [-0.3, -0.25) is 19.8 Å². The van der Waals surface area contributed by atoms with Crippen LogP contribution in [0.2, 0.25) is 0 Å². The summed E-state index contributed by atoms with van der Waals surface area (Å²) in [4.78, 5) is 21.9. The van der Waals surface area contributed by atoms with Crippen LogP contribution in [0.1, 0.15) is 58.6 Å². The Kier molecular flexibility index (Phi) is 7.10. The summed E-state index contributed by atoms with van der Waals surface area (Å²) in [5.41, 5.74) is 6.46. The van der Waals surface area contributed by atoms with Crippen molar-refractivity contribution in [2.45, 2.75) is 57.7 Å². The van der Waals surface area contributed by atoms with Gasteiger partial charge in [0.15, 0.2) is 5.69 Å². The number of aromatic amines is 1. The highest BCUT2D eigenvalue weighted by atomic mass is 16.5. The molecule has 0 bridgehead atoms. The second kappa shape index (κ2) is 11.0. The zero-order valence-corrected chi connectivity index (χ0v) is 22.0. The van der Waals surface area contributed by atoms with Gasteiger partial charge in [-0.05, 0) is 68.1 Å². The highest BCUT2D eigenvalue weighted by molar-refractivity contribution is 5.94. The Bertz CT molecular complexity index is 1420. The maximum absolute atomic E-state index is 13.1. The first-order valence-electron chi connectivity index (χ1n) is 13.8. The number of nitrogens with zero attached hydrogens (tertiary/aromatic N) is 4. The summed E-state index contributed by atoms with van der Waals surface area (Å²) in [6.07, 6.45) is 7.88. The number of amides is 1. The molecule has 0 unspecified atom stereocenters. The van der Waals surface area contributed by atoms with Crippen LogP contribution in [0, 0.1) is 0 Å². The van der Waals surface area contributed by atoms with E-state index in [2.05, 4.69) is 69.6 Å². The van der Waals surface area contributed by atoms with Crippen molar-refractivity contribution in [3.8, 4) is 5.75 Å². The molecule has 1 aliphatic heterocycles. The topological polar surface area (TPSA) is 74.3 Å². The molecule has 3 heterocycles. The quantitative estimate of drug-likeness (QED) is 0.373. The molecule has 4 aromatic rings. The highest BCUT2D eigenvalue weighted by Crippen LogP contribution is 2.26. The number of aromatic nitrogens is 3. The molecule has 0 atom stereocenters. The van der Waals surface area contributed by atoms with Crippen LogP contribution in [-0.2, 0) is 25.9 Å². The number of carbonyl (C=O) groups excluding carboxylic acids is 1. The predicted octanol–water partition coefficient (Wildman–Crippen LogP) is 5.15. The first-order valence-corrected chi connectivity index (χ1v) is 13.8. The summed E-state index contributed by atoms with van der Waals surface area (Å²) in [6.45, 7) is 3.08. The van der Waals surface area contributed by atoms with Crippen molar-refractivity contribution >= 4 is 16.8 Å². The summed E-state index contributed by atoms with van der Waals surface area (Å²) < 4.78 is 6.38. The van der Waals surface area contributed by atoms with Crippen LogP contribution >= 0.6 is 0 Å². The largest absolute Gasteiger partial charge is 0.490 e. The third-order valence-corrected chi connectivity index (χ3v) is 7.82. The number of pyridine rings is 1. The number of aryl methyl sites for hydroxylation is 1. The zero-order chi connectivity index (χ0) is 25.9. The third kappa shape index (κ3) is 5.29. The summed E-state index contributed by atoms with van der Waals surface area (Å²) in [6, 6.07) is 18.9. The third-order valence-electron chi connectivity index (χ3n) is 7.82. The van der Waals surface area contributed by atoms with E-state index >= 15 is 0 Å². The smallest absolute Gasteiger partial charge is 0.274 e. The summed E-state index contributed by atoms with van der Waals surface area (Å²) >= 11 is 0. The standard InChI is InChI=1S/C31H35N5O2/c1-35(21-23-8-5-13-28-26(23)11-6-16-32-28)20-22-7-4-9-25(19-22)38-24-14-17-36(18-15-24)31(37)30-27-10-2-3-12-29(27)33-34-30/h4-9,11,13,16,19,24H,2-3,10,12,14-15,17-18,20-21H2,1H3,(H,33,34). The minimum atomic E-state index is 0.0647. The normalized spacial score (nSPS) is 16.1. The minimum Gasteiger partial charge on any atom is -0.490 e. The number of carbonyl (C=O) groups is 1. The number of hydrogen-bond donors (Lipinski definition) is 1. The number of likely N-dealkylation sites (tertiary alicyclic amines) is 1. The van der Waals surface area contributed by atoms with E-state index in [1.807, 2.05) is 23.2 Å². The van der Waals surface area contributed by atoms with Gasteiger partial charge in [-0.1, -0.05) is 30.3 Å². The highest BCUT2D eigenvalue weighted by Gasteiger charge is 2.29. The molecule has 1 N–H and O–H groups in total. The molecule has 6 rings (SSSR count). The van der Waals surface area contributed by atoms with Crippen molar-refractivity contribution in [2.24, 2.45) is 0 Å². The van der Waals surface area contributed by atoms with E-state index < -0.39 is 0 Å². The number of fused-ring (bicyclic) bond motifs is 2. The number of hydrogen-bond acceptors (Lipinski definition) is 5. The van der Waals surface area contributed by atoms with Gasteiger partial charge in [0.25, 0.3) is 5.91 Å². The number of H-pyrrole nitrogens is 1. The van der Waals surface area contributed by atoms with Gasteiger partial charge < -0.3 is 9.64 Å². The number of piperidine rings is 1. The van der Waals surface area contributed by atoms with Crippen molar-refractivity contribution in [1.29, 1.82) is 0 Å². The van der Waals surface area contributed by atoms with Crippen molar-refractivity contribution in [1.82, 2.24) is 25.0 Å². The second-order valence-corrected chi connectivity index (χ2v) is 10.7. The average molecular weight is 510 g/mol. The van der Waals surface area contributed by atoms with E-state index in [0.29, 0.717) is 18.8 Å². The number of nitrogens with one attached hydrogen (secondary N) is 1. The molecule has 1 fully saturated rings. The lowest BCUT2D eigenvalue weighted by Crippen LogP contribution is -2.42. The molecule has 2 aliphatic rings. The molecule has 0 radical (unpaired) electrons. The fourth-order valence-corrected chi connectivity index (χ4v) is 5.86. The lowest BCUT2D eigenvalue weighted by Gasteiger charge is -2.32. The Morgan fingerprint density at radius 2 is 1.89 bits per heavy atom. The molecule has 7 nitrogen and oxygen atoms in total. The van der Waals surface area contributed by atoms with Crippen LogP contribution in [0.5, 0.6) is 5.75 Å². The van der Waals surface area contributed by atoms with E-state index in [0.717, 1.165) is 67.7 Å². The Balaban J connectivity index is 1.03. The van der Waals surface area contributed by atoms with Crippen LogP contribution in [0.15, 0.2) is 60.8 Å². The molecule has 2 aromatic carbocycles. The number of ether oxygens (including phenoxy) is 1. The molecular weight excluding hydrogens is 474 g/mol. The number of rotatable bonds is 7. The summed E-state index contributed by atoms with van der Waals surface area (Å²) in [5.74, 6) is 0.964. The molecular formula is C31H35N5O2. The SMILES string of the molecule is CN(Cc1cccc(OC2CCN(C(=O)c3n[nH]c4c3CCCC4)CC2)c1)Cc1cccc2ncccc12. The Labute approximate surface area is 223 Å². The van der Waals surface area contributed by atoms with Gasteiger partial charge in [0, 0.05) is 61.9 Å². The molecule has 1 aliphatic carbocycles. The Morgan fingerprint density at radius 3 is 2.79 bits per heavy atom. The molecule has 1 amide bonds. The van der Waals surface area contributed by atoms with Gasteiger partial charge in [0.05, 0.1) is 5.52 Å². The lowest BCUT2D eigenvalue weighted by atomic mass is 9.95. The van der Waals surface area contributed by atoms with Crippen LogP contribution in [0.25, 0.3) is 10.9 Å². The fraction of sp³-hybridized carbons (Fsp3) is 0.387. The number of benzene rings is 2. The first kappa shape index (κ1) is 24.6. The average Bonchev–Trinajstić information content (AvgIpc) is 3.38. The van der Waals surface area contributed by atoms with Gasteiger partial charge in [-0.25, -0.2) is 0 Å². The maximum atomic E-state index is 13.1. The minimum absolute atomic E-state index is 0.0647. The van der Waals surface area contributed by atoms with E-state index in [1.165, 1.54) is 22.9 Å². The van der Waals surface area contributed by atoms with Crippen LogP contribution < -0.4 is 4.74 Å². The van der Waals surface area contributed by atoms with Crippen molar-refractivity contribution in [3.05, 3.63) is 88.9 Å². The molecule has 0 saturated carbocycles. The van der Waals surface area contributed by atoms with Crippen LogP contribution in [-0.4, -0.2) is 57.1 Å². The Morgan fingerprint density at radius 1 is 1.05 bits per heavy atom. The van der Waals surface area contributed by atoms with Crippen LogP contribution in [0.3, 0.4) is 0 Å². The summed E-state index contributed by atoms with van der Waals surface area (Å²) in [5, 5.41) is 8.68.